The van der Waals surface area contributed by atoms with Crippen molar-refractivity contribution in [1.82, 2.24) is 4.90 Å². The molecule has 0 aromatic carbocycles. The van der Waals surface area contributed by atoms with Gasteiger partial charge in [0.05, 0.1) is 6.61 Å². The smallest absolute Gasteiger partial charge is 0.227 e. The number of piperidine rings is 1. The molecule has 1 saturated heterocycles. The van der Waals surface area contributed by atoms with Crippen LogP contribution in [0.4, 0.5) is 0 Å². The van der Waals surface area contributed by atoms with E-state index in [2.05, 4.69) is 20.8 Å². The fraction of sp³-hybridized carbons (Fsp3) is 0.938. The van der Waals surface area contributed by atoms with Crippen LogP contribution >= 0.6 is 0 Å². The van der Waals surface area contributed by atoms with Gasteiger partial charge < -0.3 is 9.64 Å². The molecular weight excluding hydrogens is 238 g/mol. The van der Waals surface area contributed by atoms with Crippen LogP contribution in [0.15, 0.2) is 0 Å². The highest BCUT2D eigenvalue weighted by Crippen LogP contribution is 2.24. The number of carbonyl (C=O) groups is 1. The van der Waals surface area contributed by atoms with Gasteiger partial charge in [0.2, 0.25) is 5.91 Å². The maximum atomic E-state index is 12.2. The summed E-state index contributed by atoms with van der Waals surface area (Å²) >= 11 is 0. The van der Waals surface area contributed by atoms with E-state index in [-0.39, 0.29) is 16.7 Å². The Kier molecular flexibility index (Phi) is 5.43. The van der Waals surface area contributed by atoms with Crippen molar-refractivity contribution in [1.29, 1.82) is 0 Å². The molecule has 19 heavy (non-hydrogen) atoms. The Hall–Kier alpha value is -0.570. The van der Waals surface area contributed by atoms with Gasteiger partial charge >= 0.3 is 0 Å². The number of carbonyl (C=O) groups excluding carboxylic acids is 1. The number of likely N-dealkylation sites (tertiary alicyclic amines) is 1. The third-order valence-electron chi connectivity index (χ3n) is 3.43. The predicted octanol–water partition coefficient (Wildman–Crippen LogP) is 3.33. The fourth-order valence-corrected chi connectivity index (χ4v) is 2.31. The average molecular weight is 269 g/mol. The molecule has 0 spiro atoms. The minimum atomic E-state index is -0.254. The molecule has 3 nitrogen and oxygen atoms in total. The Morgan fingerprint density at radius 1 is 1.11 bits per heavy atom. The highest BCUT2D eigenvalue weighted by Gasteiger charge is 2.30. The first-order valence-corrected chi connectivity index (χ1v) is 7.47. The van der Waals surface area contributed by atoms with E-state index in [4.69, 9.17) is 4.74 Å². The Bertz CT molecular complexity index is 291. The van der Waals surface area contributed by atoms with Crippen LogP contribution in [-0.2, 0) is 9.53 Å². The summed E-state index contributed by atoms with van der Waals surface area (Å²) in [5, 5.41) is 0. The number of hydrogen-bond donors (Lipinski definition) is 0. The molecule has 0 unspecified atom stereocenters. The van der Waals surface area contributed by atoms with E-state index < -0.39 is 0 Å². The summed E-state index contributed by atoms with van der Waals surface area (Å²) < 4.78 is 5.80. The second-order valence-electron chi connectivity index (χ2n) is 8.06. The highest BCUT2D eigenvalue weighted by atomic mass is 16.5. The Morgan fingerprint density at radius 2 is 1.63 bits per heavy atom. The summed E-state index contributed by atoms with van der Waals surface area (Å²) in [5.74, 6) is 0.896. The van der Waals surface area contributed by atoms with Crippen LogP contribution in [0.25, 0.3) is 0 Å². The van der Waals surface area contributed by atoms with Crippen LogP contribution in [0.5, 0.6) is 0 Å². The molecule has 1 amide bonds. The standard InChI is InChI=1S/C16H31NO2/c1-15(2,3)12-19-11-13-7-9-17(10-8-13)14(18)16(4,5)6/h13H,7-12H2,1-6H3. The van der Waals surface area contributed by atoms with Gasteiger partial charge in [0.25, 0.3) is 0 Å². The molecule has 0 radical (unpaired) electrons. The van der Waals surface area contributed by atoms with Gasteiger partial charge in [-0.1, -0.05) is 41.5 Å². The quantitative estimate of drug-likeness (QED) is 0.786. The molecule has 0 aliphatic carbocycles. The maximum absolute atomic E-state index is 12.2. The SMILES string of the molecule is CC(C)(C)COCC1CCN(C(=O)C(C)(C)C)CC1. The van der Waals surface area contributed by atoms with Crippen LogP contribution in [0, 0.1) is 16.7 Å². The molecular formula is C16H31NO2. The molecule has 0 atom stereocenters. The normalized spacial score (nSPS) is 18.7. The van der Waals surface area contributed by atoms with Crippen LogP contribution in [-0.4, -0.2) is 37.1 Å². The number of nitrogens with zero attached hydrogens (tertiary/aromatic N) is 1. The Morgan fingerprint density at radius 3 is 2.05 bits per heavy atom. The van der Waals surface area contributed by atoms with Gasteiger partial charge in [0.1, 0.15) is 0 Å². The molecule has 1 aliphatic heterocycles. The van der Waals surface area contributed by atoms with Crippen molar-refractivity contribution < 1.29 is 9.53 Å². The number of hydrogen-bond acceptors (Lipinski definition) is 2. The summed E-state index contributed by atoms with van der Waals surface area (Å²) in [6.07, 6.45) is 2.15. The Labute approximate surface area is 118 Å². The summed E-state index contributed by atoms with van der Waals surface area (Å²) in [7, 11) is 0. The third kappa shape index (κ3) is 5.94. The summed E-state index contributed by atoms with van der Waals surface area (Å²) in [6.45, 7) is 16.0. The zero-order valence-electron chi connectivity index (χ0n) is 13.6. The van der Waals surface area contributed by atoms with Gasteiger partial charge in [-0.3, -0.25) is 4.79 Å². The zero-order chi connectivity index (χ0) is 14.7. The van der Waals surface area contributed by atoms with Crippen molar-refractivity contribution in [3.8, 4) is 0 Å². The van der Waals surface area contributed by atoms with Crippen LogP contribution < -0.4 is 0 Å². The monoisotopic (exact) mass is 269 g/mol. The van der Waals surface area contributed by atoms with E-state index >= 15 is 0 Å². The van der Waals surface area contributed by atoms with Crippen LogP contribution in [0.3, 0.4) is 0 Å². The van der Waals surface area contributed by atoms with Crippen LogP contribution in [0.1, 0.15) is 54.4 Å². The third-order valence-corrected chi connectivity index (χ3v) is 3.43. The first kappa shape index (κ1) is 16.5. The van der Waals surface area contributed by atoms with Gasteiger partial charge in [-0.15, -0.1) is 0 Å². The van der Waals surface area contributed by atoms with Crippen molar-refractivity contribution in [3.05, 3.63) is 0 Å². The molecule has 1 fully saturated rings. The van der Waals surface area contributed by atoms with Crippen molar-refractivity contribution in [3.63, 3.8) is 0 Å². The van der Waals surface area contributed by atoms with E-state index in [0.717, 1.165) is 39.1 Å². The maximum Gasteiger partial charge on any atom is 0.227 e. The summed E-state index contributed by atoms with van der Waals surface area (Å²) in [5.41, 5.74) is -0.0154. The number of rotatable bonds is 3. The molecule has 1 heterocycles. The van der Waals surface area contributed by atoms with Crippen molar-refractivity contribution in [2.75, 3.05) is 26.3 Å². The van der Waals surface area contributed by atoms with Crippen molar-refractivity contribution >= 4 is 5.91 Å². The van der Waals surface area contributed by atoms with Gasteiger partial charge in [-0.25, -0.2) is 0 Å². The predicted molar refractivity (Wildman–Crippen MR) is 79.0 cm³/mol. The second-order valence-corrected chi connectivity index (χ2v) is 8.06. The lowest BCUT2D eigenvalue weighted by molar-refractivity contribution is -0.141. The second kappa shape index (κ2) is 6.25. The molecule has 0 aromatic heterocycles. The van der Waals surface area contributed by atoms with E-state index in [1.54, 1.807) is 0 Å². The highest BCUT2D eigenvalue weighted by molar-refractivity contribution is 5.81. The van der Waals surface area contributed by atoms with Crippen molar-refractivity contribution in [2.24, 2.45) is 16.7 Å². The van der Waals surface area contributed by atoms with Crippen LogP contribution in [0.2, 0.25) is 0 Å². The first-order valence-electron chi connectivity index (χ1n) is 7.47. The lowest BCUT2D eigenvalue weighted by Gasteiger charge is -2.35. The summed E-state index contributed by atoms with van der Waals surface area (Å²) in [6, 6.07) is 0. The Balaban J connectivity index is 2.28. The van der Waals surface area contributed by atoms with Gasteiger partial charge in [0, 0.05) is 25.1 Å². The average Bonchev–Trinajstić information content (AvgIpc) is 2.26. The molecule has 0 saturated carbocycles. The minimum absolute atomic E-state index is 0.239. The van der Waals surface area contributed by atoms with Crippen molar-refractivity contribution in [2.45, 2.75) is 54.4 Å². The number of amides is 1. The lowest BCUT2D eigenvalue weighted by atomic mass is 9.91. The van der Waals surface area contributed by atoms with E-state index in [9.17, 15) is 4.79 Å². The summed E-state index contributed by atoms with van der Waals surface area (Å²) in [4.78, 5) is 14.2. The lowest BCUT2D eigenvalue weighted by Crippen LogP contribution is -2.44. The van der Waals surface area contributed by atoms with E-state index in [1.165, 1.54) is 0 Å². The molecule has 1 aliphatic rings. The number of ether oxygens (including phenoxy) is 1. The zero-order valence-corrected chi connectivity index (χ0v) is 13.6. The van der Waals surface area contributed by atoms with E-state index in [1.807, 2.05) is 25.7 Å². The first-order chi connectivity index (χ1) is 8.59. The van der Waals surface area contributed by atoms with E-state index in [0.29, 0.717) is 5.92 Å². The van der Waals surface area contributed by atoms with Gasteiger partial charge in [0.15, 0.2) is 0 Å². The minimum Gasteiger partial charge on any atom is -0.381 e. The largest absolute Gasteiger partial charge is 0.381 e. The molecule has 0 N–H and O–H groups in total. The molecule has 1 rings (SSSR count). The molecule has 112 valence electrons. The van der Waals surface area contributed by atoms with Gasteiger partial charge in [-0.05, 0) is 24.2 Å². The molecule has 0 aromatic rings. The molecule has 0 bridgehead atoms. The fourth-order valence-electron chi connectivity index (χ4n) is 2.31. The topological polar surface area (TPSA) is 29.5 Å². The van der Waals surface area contributed by atoms with Gasteiger partial charge in [-0.2, -0.15) is 0 Å². The molecule has 3 heteroatoms.